The zero-order valence-electron chi connectivity index (χ0n) is 10.8. The van der Waals surface area contributed by atoms with Gasteiger partial charge in [0.25, 0.3) is 0 Å². The van der Waals surface area contributed by atoms with Crippen LogP contribution in [0.3, 0.4) is 0 Å². The predicted octanol–water partition coefficient (Wildman–Crippen LogP) is 2.52. The summed E-state index contributed by atoms with van der Waals surface area (Å²) in [7, 11) is 0. The van der Waals surface area contributed by atoms with Crippen LogP contribution in [0.15, 0.2) is 18.2 Å². The summed E-state index contributed by atoms with van der Waals surface area (Å²) in [6, 6.07) is 6.61. The molecule has 0 amide bonds. The number of anilines is 1. The molecular formula is C14H20N4. The molecule has 0 spiro atoms. The third-order valence-electron chi connectivity index (χ3n) is 3.48. The van der Waals surface area contributed by atoms with Crippen molar-refractivity contribution in [2.24, 2.45) is 0 Å². The first kappa shape index (κ1) is 11.5. The van der Waals surface area contributed by atoms with E-state index < -0.39 is 0 Å². The maximum atomic E-state index is 5.78. The maximum absolute atomic E-state index is 5.78. The highest BCUT2D eigenvalue weighted by molar-refractivity contribution is 5.78. The van der Waals surface area contributed by atoms with Crippen LogP contribution in [0.1, 0.15) is 32.0 Å². The van der Waals surface area contributed by atoms with Gasteiger partial charge < -0.3 is 10.7 Å². The van der Waals surface area contributed by atoms with Crippen molar-refractivity contribution in [1.82, 2.24) is 14.9 Å². The summed E-state index contributed by atoms with van der Waals surface area (Å²) in [6.07, 6.45) is 3.88. The van der Waals surface area contributed by atoms with E-state index in [0.717, 1.165) is 41.7 Å². The number of fused-ring (bicyclic) bond motifs is 1. The van der Waals surface area contributed by atoms with E-state index in [9.17, 15) is 0 Å². The Kier molecular flexibility index (Phi) is 2.96. The summed E-state index contributed by atoms with van der Waals surface area (Å²) >= 11 is 0. The molecule has 4 heteroatoms. The normalized spacial score (nSPS) is 15.7. The van der Waals surface area contributed by atoms with Gasteiger partial charge in [0.05, 0.1) is 17.6 Å². The molecule has 1 aliphatic carbocycles. The number of H-pyrrole nitrogens is 1. The molecule has 3 rings (SSSR count). The van der Waals surface area contributed by atoms with Crippen molar-refractivity contribution in [3.63, 3.8) is 0 Å². The minimum absolute atomic E-state index is 0.781. The minimum atomic E-state index is 0.781. The van der Waals surface area contributed by atoms with Gasteiger partial charge in [-0.05, 0) is 44.0 Å². The second-order valence-electron chi connectivity index (χ2n) is 5.16. The van der Waals surface area contributed by atoms with Crippen LogP contribution in [0, 0.1) is 0 Å². The summed E-state index contributed by atoms with van der Waals surface area (Å²) < 4.78 is 0. The number of aromatic amines is 1. The topological polar surface area (TPSA) is 57.9 Å². The molecule has 96 valence electrons. The Morgan fingerprint density at radius 2 is 2.28 bits per heavy atom. The monoisotopic (exact) mass is 244 g/mol. The maximum Gasteiger partial charge on any atom is 0.121 e. The molecule has 0 radical (unpaired) electrons. The zero-order chi connectivity index (χ0) is 12.5. The standard InChI is InChI=1S/C14H20N4/c1-2-7-18(11-4-5-11)9-14-16-12-6-3-10(15)8-13(12)17-14/h3,6,8,11H,2,4-5,7,9,15H2,1H3,(H,16,17). The van der Waals surface area contributed by atoms with E-state index in [0.29, 0.717) is 0 Å². The number of nitrogens with zero attached hydrogens (tertiary/aromatic N) is 2. The molecule has 1 saturated carbocycles. The molecule has 1 heterocycles. The van der Waals surface area contributed by atoms with E-state index in [2.05, 4.69) is 21.8 Å². The number of hydrogen-bond acceptors (Lipinski definition) is 3. The molecular weight excluding hydrogens is 224 g/mol. The molecule has 0 aliphatic heterocycles. The van der Waals surface area contributed by atoms with E-state index in [1.165, 1.54) is 19.3 Å². The molecule has 4 nitrogen and oxygen atoms in total. The molecule has 0 saturated heterocycles. The lowest BCUT2D eigenvalue weighted by Gasteiger charge is -2.19. The van der Waals surface area contributed by atoms with Crippen LogP contribution in [0.5, 0.6) is 0 Å². The number of hydrogen-bond donors (Lipinski definition) is 2. The molecule has 1 aromatic carbocycles. The lowest BCUT2D eigenvalue weighted by Crippen LogP contribution is -2.26. The lowest BCUT2D eigenvalue weighted by molar-refractivity contribution is 0.250. The highest BCUT2D eigenvalue weighted by Gasteiger charge is 2.28. The molecule has 1 aliphatic rings. The van der Waals surface area contributed by atoms with Crippen molar-refractivity contribution in [1.29, 1.82) is 0 Å². The molecule has 18 heavy (non-hydrogen) atoms. The van der Waals surface area contributed by atoms with Gasteiger partial charge in [0.15, 0.2) is 0 Å². The van der Waals surface area contributed by atoms with Gasteiger partial charge in [0.1, 0.15) is 5.82 Å². The number of imidazole rings is 1. The van der Waals surface area contributed by atoms with Crippen molar-refractivity contribution in [3.05, 3.63) is 24.0 Å². The number of rotatable bonds is 5. The van der Waals surface area contributed by atoms with E-state index in [1.54, 1.807) is 0 Å². The van der Waals surface area contributed by atoms with Crippen LogP contribution >= 0.6 is 0 Å². The molecule has 3 N–H and O–H groups in total. The average molecular weight is 244 g/mol. The summed E-state index contributed by atoms with van der Waals surface area (Å²) in [6.45, 7) is 4.31. The highest BCUT2D eigenvalue weighted by atomic mass is 15.2. The molecule has 0 atom stereocenters. The van der Waals surface area contributed by atoms with Gasteiger partial charge in [-0.15, -0.1) is 0 Å². The summed E-state index contributed by atoms with van der Waals surface area (Å²) in [4.78, 5) is 10.5. The second-order valence-corrected chi connectivity index (χ2v) is 5.16. The van der Waals surface area contributed by atoms with Crippen LogP contribution < -0.4 is 5.73 Å². The first-order valence-electron chi connectivity index (χ1n) is 6.74. The Balaban J connectivity index is 1.80. The molecule has 0 bridgehead atoms. The van der Waals surface area contributed by atoms with E-state index >= 15 is 0 Å². The zero-order valence-corrected chi connectivity index (χ0v) is 10.8. The number of aromatic nitrogens is 2. The van der Waals surface area contributed by atoms with Gasteiger partial charge in [-0.3, -0.25) is 4.90 Å². The second kappa shape index (κ2) is 4.61. The van der Waals surface area contributed by atoms with Gasteiger partial charge in [-0.2, -0.15) is 0 Å². The Bertz CT molecular complexity index is 542. The first-order chi connectivity index (χ1) is 8.76. The predicted molar refractivity (Wildman–Crippen MR) is 74.2 cm³/mol. The van der Waals surface area contributed by atoms with Crippen LogP contribution in [0.4, 0.5) is 5.69 Å². The largest absolute Gasteiger partial charge is 0.399 e. The lowest BCUT2D eigenvalue weighted by atomic mass is 10.3. The van der Waals surface area contributed by atoms with Crippen molar-refractivity contribution in [3.8, 4) is 0 Å². The summed E-state index contributed by atoms with van der Waals surface area (Å²) in [5.41, 5.74) is 8.61. The van der Waals surface area contributed by atoms with Gasteiger partial charge >= 0.3 is 0 Å². The number of nitrogens with one attached hydrogen (secondary N) is 1. The van der Waals surface area contributed by atoms with E-state index in [-0.39, 0.29) is 0 Å². The Morgan fingerprint density at radius 1 is 1.44 bits per heavy atom. The van der Waals surface area contributed by atoms with Crippen molar-refractivity contribution < 1.29 is 0 Å². The van der Waals surface area contributed by atoms with Crippen LogP contribution in [-0.2, 0) is 6.54 Å². The Labute approximate surface area is 107 Å². The third-order valence-corrected chi connectivity index (χ3v) is 3.48. The minimum Gasteiger partial charge on any atom is -0.399 e. The fourth-order valence-corrected chi connectivity index (χ4v) is 2.46. The van der Waals surface area contributed by atoms with Gasteiger partial charge in [-0.25, -0.2) is 4.98 Å². The van der Waals surface area contributed by atoms with E-state index in [4.69, 9.17) is 5.73 Å². The van der Waals surface area contributed by atoms with Crippen molar-refractivity contribution in [2.75, 3.05) is 12.3 Å². The SMILES string of the molecule is CCCN(Cc1nc2ccc(N)cc2[nH]1)C1CC1. The smallest absolute Gasteiger partial charge is 0.121 e. The fourth-order valence-electron chi connectivity index (χ4n) is 2.46. The number of nitrogen functional groups attached to an aromatic ring is 1. The van der Waals surface area contributed by atoms with Gasteiger partial charge in [-0.1, -0.05) is 6.92 Å². The van der Waals surface area contributed by atoms with Gasteiger partial charge in [0.2, 0.25) is 0 Å². The summed E-state index contributed by atoms with van der Waals surface area (Å²) in [5.74, 6) is 1.05. The Hall–Kier alpha value is -1.55. The molecule has 2 aromatic rings. The van der Waals surface area contributed by atoms with E-state index in [1.807, 2.05) is 18.2 Å². The third kappa shape index (κ3) is 2.34. The highest BCUT2D eigenvalue weighted by Crippen LogP contribution is 2.28. The Morgan fingerprint density at radius 3 is 3.00 bits per heavy atom. The quantitative estimate of drug-likeness (QED) is 0.795. The van der Waals surface area contributed by atoms with Crippen molar-refractivity contribution >= 4 is 16.7 Å². The summed E-state index contributed by atoms with van der Waals surface area (Å²) in [5, 5.41) is 0. The van der Waals surface area contributed by atoms with Crippen LogP contribution in [-0.4, -0.2) is 27.5 Å². The fraction of sp³-hybridized carbons (Fsp3) is 0.500. The first-order valence-corrected chi connectivity index (χ1v) is 6.74. The van der Waals surface area contributed by atoms with Crippen molar-refractivity contribution in [2.45, 2.75) is 38.8 Å². The average Bonchev–Trinajstić information content (AvgIpc) is 3.10. The van der Waals surface area contributed by atoms with Crippen LogP contribution in [0.25, 0.3) is 11.0 Å². The molecule has 1 aromatic heterocycles. The number of nitrogens with two attached hydrogens (primary N) is 1. The molecule has 0 unspecified atom stereocenters. The van der Waals surface area contributed by atoms with Gasteiger partial charge in [0, 0.05) is 11.7 Å². The van der Waals surface area contributed by atoms with Crippen LogP contribution in [0.2, 0.25) is 0 Å². The molecule has 1 fully saturated rings. The number of benzene rings is 1.